The van der Waals surface area contributed by atoms with Gasteiger partial charge in [0.05, 0.1) is 0 Å². The van der Waals surface area contributed by atoms with Crippen molar-refractivity contribution in [2.75, 3.05) is 0 Å². The van der Waals surface area contributed by atoms with Crippen molar-refractivity contribution in [3.05, 3.63) is 0 Å². The summed E-state index contributed by atoms with van der Waals surface area (Å²) in [6.45, 7) is 2.10. The summed E-state index contributed by atoms with van der Waals surface area (Å²) < 4.78 is -0.377. The molecule has 0 aliphatic carbocycles. The average molecular weight is 213 g/mol. The molecule has 0 aliphatic rings. The van der Waals surface area contributed by atoms with Gasteiger partial charge < -0.3 is 0 Å². The molecule has 1 unspecified atom stereocenters. The van der Waals surface area contributed by atoms with E-state index < -0.39 is 0 Å². The van der Waals surface area contributed by atoms with Crippen LogP contribution in [0.2, 0.25) is 0 Å². The molecular formula is C5H10IO. The molecule has 0 fully saturated rings. The average Bonchev–Trinajstić information content (AvgIpc) is 1.61. The summed E-state index contributed by atoms with van der Waals surface area (Å²) in [6, 6.07) is 0. The highest BCUT2D eigenvalue weighted by Crippen LogP contribution is 2.06. The number of hydrogen-bond donors (Lipinski definition) is 0. The zero-order chi connectivity index (χ0) is 5.70. The summed E-state index contributed by atoms with van der Waals surface area (Å²) in [4.78, 5) is 0. The van der Waals surface area contributed by atoms with Crippen LogP contribution in [0.3, 0.4) is 0 Å². The fourth-order valence-electron chi connectivity index (χ4n) is 0.365. The van der Waals surface area contributed by atoms with Crippen molar-refractivity contribution >= 4 is 22.6 Å². The molecule has 0 amide bonds. The molecule has 0 saturated heterocycles. The van der Waals surface area contributed by atoms with Crippen LogP contribution in [-0.4, -0.2) is 4.11 Å². The smallest absolute Gasteiger partial charge is 0.144 e. The Morgan fingerprint density at radius 3 is 2.43 bits per heavy atom. The second-order valence-corrected chi connectivity index (χ2v) is 2.94. The van der Waals surface area contributed by atoms with Gasteiger partial charge in [0, 0.05) is 0 Å². The molecular weight excluding hydrogens is 203 g/mol. The molecule has 0 heterocycles. The molecule has 0 aromatic carbocycles. The largest absolute Gasteiger partial charge is 0.222 e. The van der Waals surface area contributed by atoms with Crippen LogP contribution in [0.1, 0.15) is 26.2 Å². The standard InChI is InChI=1S/C5H10IO/c1-2-3-4-5(6)7/h5H,2-4H2,1H3. The lowest BCUT2D eigenvalue weighted by atomic mass is 10.3. The molecule has 0 saturated carbocycles. The molecule has 0 aromatic rings. The van der Waals surface area contributed by atoms with Gasteiger partial charge in [0.15, 0.2) is 0 Å². The predicted molar refractivity (Wildman–Crippen MR) is 38.0 cm³/mol. The highest BCUT2D eigenvalue weighted by atomic mass is 127. The van der Waals surface area contributed by atoms with Crippen molar-refractivity contribution in [3.63, 3.8) is 0 Å². The maximum Gasteiger partial charge on any atom is 0.144 e. The Morgan fingerprint density at radius 2 is 2.29 bits per heavy atom. The number of unbranched alkanes of at least 4 members (excludes halogenated alkanes) is 1. The molecule has 43 valence electrons. The van der Waals surface area contributed by atoms with Gasteiger partial charge in [-0.3, -0.25) is 0 Å². The van der Waals surface area contributed by atoms with Gasteiger partial charge in [-0.2, -0.15) is 0 Å². The highest BCUT2D eigenvalue weighted by molar-refractivity contribution is 14.1. The van der Waals surface area contributed by atoms with Crippen molar-refractivity contribution in [2.45, 2.75) is 30.3 Å². The maximum absolute atomic E-state index is 10.3. The summed E-state index contributed by atoms with van der Waals surface area (Å²) in [5.41, 5.74) is 0. The Morgan fingerprint density at radius 1 is 1.71 bits per heavy atom. The first kappa shape index (κ1) is 7.69. The van der Waals surface area contributed by atoms with Crippen LogP contribution in [0.4, 0.5) is 0 Å². The van der Waals surface area contributed by atoms with Crippen LogP contribution in [0.5, 0.6) is 0 Å². The van der Waals surface area contributed by atoms with Gasteiger partial charge >= 0.3 is 0 Å². The maximum atomic E-state index is 10.3. The first-order valence-electron chi connectivity index (χ1n) is 2.57. The lowest BCUT2D eigenvalue weighted by Crippen LogP contribution is -1.89. The molecule has 0 aliphatic heterocycles. The normalized spacial score (nSPS) is 14.1. The van der Waals surface area contributed by atoms with Crippen molar-refractivity contribution < 1.29 is 5.11 Å². The van der Waals surface area contributed by atoms with E-state index >= 15 is 0 Å². The molecule has 1 atom stereocenters. The fourth-order valence-corrected chi connectivity index (χ4v) is 0.805. The van der Waals surface area contributed by atoms with Crippen molar-refractivity contribution in [2.24, 2.45) is 0 Å². The van der Waals surface area contributed by atoms with Gasteiger partial charge in [0.2, 0.25) is 0 Å². The van der Waals surface area contributed by atoms with Crippen molar-refractivity contribution in [1.29, 1.82) is 0 Å². The van der Waals surface area contributed by atoms with Crippen LogP contribution >= 0.6 is 22.6 Å². The third-order valence-electron chi connectivity index (χ3n) is 0.785. The Kier molecular flexibility index (Phi) is 5.32. The topological polar surface area (TPSA) is 19.9 Å². The van der Waals surface area contributed by atoms with E-state index in [9.17, 15) is 5.11 Å². The van der Waals surface area contributed by atoms with E-state index in [4.69, 9.17) is 0 Å². The minimum Gasteiger partial charge on any atom is -0.222 e. The number of rotatable bonds is 3. The van der Waals surface area contributed by atoms with Gasteiger partial charge in [-0.15, -0.1) is 0 Å². The Hall–Kier alpha value is 0.690. The van der Waals surface area contributed by atoms with Crippen LogP contribution in [-0.2, 0) is 5.11 Å². The SMILES string of the molecule is CCCCC([O])I. The molecule has 0 bridgehead atoms. The summed E-state index contributed by atoms with van der Waals surface area (Å²) in [5, 5.41) is 10.3. The lowest BCUT2D eigenvalue weighted by Gasteiger charge is -1.93. The Labute approximate surface area is 58.3 Å². The van der Waals surface area contributed by atoms with Crippen molar-refractivity contribution in [3.8, 4) is 0 Å². The van der Waals surface area contributed by atoms with E-state index in [1.54, 1.807) is 0 Å². The van der Waals surface area contributed by atoms with Crippen LogP contribution in [0.25, 0.3) is 0 Å². The molecule has 1 radical (unpaired) electrons. The fraction of sp³-hybridized carbons (Fsp3) is 1.00. The monoisotopic (exact) mass is 213 g/mol. The van der Waals surface area contributed by atoms with Crippen LogP contribution in [0.15, 0.2) is 0 Å². The van der Waals surface area contributed by atoms with Crippen molar-refractivity contribution in [1.82, 2.24) is 0 Å². The van der Waals surface area contributed by atoms with Gasteiger partial charge in [-0.25, -0.2) is 5.11 Å². The number of hydrogen-bond acceptors (Lipinski definition) is 0. The zero-order valence-corrected chi connectivity index (χ0v) is 6.64. The molecule has 7 heavy (non-hydrogen) atoms. The van der Waals surface area contributed by atoms with Gasteiger partial charge in [0.25, 0.3) is 0 Å². The predicted octanol–water partition coefficient (Wildman–Crippen LogP) is 2.37. The first-order chi connectivity index (χ1) is 3.27. The molecule has 0 aromatic heterocycles. The van der Waals surface area contributed by atoms with Gasteiger partial charge in [-0.1, -0.05) is 19.8 Å². The van der Waals surface area contributed by atoms with Crippen LogP contribution < -0.4 is 0 Å². The highest BCUT2D eigenvalue weighted by Gasteiger charge is 1.94. The van der Waals surface area contributed by atoms with E-state index in [1.165, 1.54) is 0 Å². The minimum atomic E-state index is -0.377. The van der Waals surface area contributed by atoms with E-state index in [0.29, 0.717) is 0 Å². The van der Waals surface area contributed by atoms with Gasteiger partial charge in [0.1, 0.15) is 4.11 Å². The lowest BCUT2D eigenvalue weighted by molar-refractivity contribution is 0.169. The molecule has 0 N–H and O–H groups in total. The summed E-state index contributed by atoms with van der Waals surface area (Å²) >= 11 is 1.91. The summed E-state index contributed by atoms with van der Waals surface area (Å²) in [7, 11) is 0. The van der Waals surface area contributed by atoms with Gasteiger partial charge in [-0.05, 0) is 29.0 Å². The third kappa shape index (κ3) is 6.69. The quantitative estimate of drug-likeness (QED) is 0.506. The Balaban J connectivity index is 2.68. The molecule has 0 rings (SSSR count). The second-order valence-electron chi connectivity index (χ2n) is 1.55. The van der Waals surface area contributed by atoms with E-state index in [0.717, 1.165) is 19.3 Å². The Bertz CT molecular complexity index is 37.1. The third-order valence-corrected chi connectivity index (χ3v) is 1.41. The van der Waals surface area contributed by atoms with E-state index in [-0.39, 0.29) is 4.11 Å². The molecule has 2 heteroatoms. The minimum absolute atomic E-state index is 0.377. The second kappa shape index (κ2) is 4.84. The summed E-state index contributed by atoms with van der Waals surface area (Å²) in [6.07, 6.45) is 3.05. The number of halogens is 1. The molecule has 1 nitrogen and oxygen atoms in total. The molecule has 0 spiro atoms. The van der Waals surface area contributed by atoms with Crippen LogP contribution in [0, 0.1) is 0 Å². The zero-order valence-electron chi connectivity index (χ0n) is 4.48. The summed E-state index contributed by atoms with van der Waals surface area (Å²) in [5.74, 6) is 0. The first-order valence-corrected chi connectivity index (χ1v) is 3.81. The van der Waals surface area contributed by atoms with E-state index in [1.807, 2.05) is 22.6 Å². The van der Waals surface area contributed by atoms with E-state index in [2.05, 4.69) is 6.92 Å². The number of alkyl halides is 1.